The number of sulfonamides is 1. The summed E-state index contributed by atoms with van der Waals surface area (Å²) in [5, 5.41) is 2.85. The number of ether oxygens (including phenoxy) is 1. The molecular weight excluding hydrogens is 436 g/mol. The first-order valence-electron chi connectivity index (χ1n) is 10.8. The van der Waals surface area contributed by atoms with E-state index in [1.165, 1.54) is 6.08 Å². The van der Waals surface area contributed by atoms with Gasteiger partial charge in [-0.2, -0.15) is 0 Å². The topological polar surface area (TPSA) is 84.5 Å². The van der Waals surface area contributed by atoms with Gasteiger partial charge in [-0.3, -0.25) is 4.79 Å². The highest BCUT2D eigenvalue weighted by Gasteiger charge is 2.27. The average molecular weight is 463 g/mol. The molecule has 0 spiro atoms. The molecule has 1 aliphatic carbocycles. The van der Waals surface area contributed by atoms with Crippen molar-refractivity contribution >= 4 is 22.0 Å². The summed E-state index contributed by atoms with van der Waals surface area (Å²) in [5.74, 6) is 0.602. The van der Waals surface area contributed by atoms with Crippen LogP contribution >= 0.6 is 0 Å². The van der Waals surface area contributed by atoms with Crippen molar-refractivity contribution in [3.8, 4) is 5.75 Å². The highest BCUT2D eigenvalue weighted by Crippen LogP contribution is 2.22. The Morgan fingerprint density at radius 1 is 0.909 bits per heavy atom. The normalized spacial score (nSPS) is 13.7. The van der Waals surface area contributed by atoms with Gasteiger partial charge in [0.15, 0.2) is 0 Å². The molecule has 0 aromatic heterocycles. The Morgan fingerprint density at radius 2 is 1.58 bits per heavy atom. The van der Waals surface area contributed by atoms with E-state index in [9.17, 15) is 13.2 Å². The van der Waals surface area contributed by atoms with Gasteiger partial charge in [-0.15, -0.1) is 0 Å². The van der Waals surface area contributed by atoms with E-state index in [2.05, 4.69) is 10.0 Å². The van der Waals surface area contributed by atoms with Gasteiger partial charge < -0.3 is 10.1 Å². The number of carbonyl (C=O) groups is 1. The Balaban J connectivity index is 1.23. The van der Waals surface area contributed by atoms with Crippen LogP contribution in [-0.2, 0) is 28.0 Å². The van der Waals surface area contributed by atoms with Gasteiger partial charge in [-0.05, 0) is 59.9 Å². The zero-order chi connectivity index (χ0) is 23.1. The monoisotopic (exact) mass is 462 g/mol. The molecule has 0 heterocycles. The van der Waals surface area contributed by atoms with Crippen molar-refractivity contribution < 1.29 is 17.9 Å². The largest absolute Gasteiger partial charge is 0.489 e. The number of nitrogens with one attached hydrogen (secondary N) is 2. The lowest BCUT2D eigenvalue weighted by molar-refractivity contribution is -0.116. The molecule has 0 atom stereocenters. The SMILES string of the molecule is O=C(/C=C/c1ccc(S(=O)(=O)NC2CC2)cc1)NCc1ccc(COc2ccccc2)cc1. The lowest BCUT2D eigenvalue weighted by Gasteiger charge is -2.07. The van der Waals surface area contributed by atoms with E-state index in [0.29, 0.717) is 13.2 Å². The molecule has 3 aromatic rings. The molecule has 1 fully saturated rings. The van der Waals surface area contributed by atoms with Crippen molar-refractivity contribution in [2.45, 2.75) is 36.9 Å². The van der Waals surface area contributed by atoms with Crippen LogP contribution in [0.3, 0.4) is 0 Å². The van der Waals surface area contributed by atoms with Crippen molar-refractivity contribution in [3.05, 3.63) is 102 Å². The molecule has 33 heavy (non-hydrogen) atoms. The van der Waals surface area contributed by atoms with Crippen LogP contribution in [0.2, 0.25) is 0 Å². The van der Waals surface area contributed by atoms with E-state index in [-0.39, 0.29) is 16.8 Å². The Hall–Kier alpha value is -3.42. The van der Waals surface area contributed by atoms with Crippen LogP contribution in [0, 0.1) is 0 Å². The quantitative estimate of drug-likeness (QED) is 0.446. The van der Waals surface area contributed by atoms with Crippen LogP contribution in [0.15, 0.2) is 89.8 Å². The molecule has 2 N–H and O–H groups in total. The number of carbonyl (C=O) groups excluding carboxylic acids is 1. The number of para-hydroxylation sites is 1. The van der Waals surface area contributed by atoms with Crippen LogP contribution < -0.4 is 14.8 Å². The smallest absolute Gasteiger partial charge is 0.244 e. The third-order valence-electron chi connectivity index (χ3n) is 5.16. The average Bonchev–Trinajstić information content (AvgIpc) is 3.65. The number of amides is 1. The van der Waals surface area contributed by atoms with Gasteiger partial charge in [-0.25, -0.2) is 13.1 Å². The molecule has 7 heteroatoms. The Kier molecular flexibility index (Phi) is 7.22. The molecule has 1 amide bonds. The fraction of sp³-hybridized carbons (Fsp3) is 0.192. The standard InChI is InChI=1S/C26H26N2O4S/c29-26(17-12-20-10-15-25(16-11-20)33(30,31)28-23-13-14-23)27-18-21-6-8-22(9-7-21)19-32-24-4-2-1-3-5-24/h1-12,15-17,23,28H,13-14,18-19H2,(H,27,29)/b17-12+. The molecule has 3 aromatic carbocycles. The summed E-state index contributed by atoms with van der Waals surface area (Å²) in [6, 6.07) is 24.1. The molecule has 1 aliphatic rings. The summed E-state index contributed by atoms with van der Waals surface area (Å²) in [6.45, 7) is 0.892. The molecule has 4 rings (SSSR count). The first-order valence-corrected chi connectivity index (χ1v) is 12.3. The minimum Gasteiger partial charge on any atom is -0.489 e. The highest BCUT2D eigenvalue weighted by atomic mass is 32.2. The minimum atomic E-state index is -3.47. The summed E-state index contributed by atoms with van der Waals surface area (Å²) in [6.07, 6.45) is 4.88. The zero-order valence-electron chi connectivity index (χ0n) is 18.1. The molecular formula is C26H26N2O4S. The van der Waals surface area contributed by atoms with Gasteiger partial charge in [0.05, 0.1) is 4.90 Å². The Labute approximate surface area is 194 Å². The lowest BCUT2D eigenvalue weighted by Crippen LogP contribution is -2.25. The molecule has 0 radical (unpaired) electrons. The van der Waals surface area contributed by atoms with Gasteiger partial charge in [0.2, 0.25) is 15.9 Å². The summed E-state index contributed by atoms with van der Waals surface area (Å²) >= 11 is 0. The highest BCUT2D eigenvalue weighted by molar-refractivity contribution is 7.89. The van der Waals surface area contributed by atoms with Crippen molar-refractivity contribution in [1.82, 2.24) is 10.0 Å². The van der Waals surface area contributed by atoms with Crippen LogP contribution in [-0.4, -0.2) is 20.4 Å². The van der Waals surface area contributed by atoms with E-state index in [1.807, 2.05) is 54.6 Å². The van der Waals surface area contributed by atoms with Crippen LogP contribution in [0.5, 0.6) is 5.75 Å². The maximum absolute atomic E-state index is 12.2. The number of benzene rings is 3. The molecule has 0 bridgehead atoms. The van der Waals surface area contributed by atoms with Gasteiger partial charge in [0.1, 0.15) is 12.4 Å². The van der Waals surface area contributed by atoms with Crippen molar-refractivity contribution in [1.29, 1.82) is 0 Å². The summed E-state index contributed by atoms with van der Waals surface area (Å²) in [5.41, 5.74) is 2.78. The predicted octanol–water partition coefficient (Wildman–Crippen LogP) is 4.04. The van der Waals surface area contributed by atoms with Crippen LogP contribution in [0.1, 0.15) is 29.5 Å². The second-order valence-electron chi connectivity index (χ2n) is 7.93. The predicted molar refractivity (Wildman–Crippen MR) is 128 cm³/mol. The van der Waals surface area contributed by atoms with E-state index >= 15 is 0 Å². The molecule has 0 unspecified atom stereocenters. The van der Waals surface area contributed by atoms with Crippen LogP contribution in [0.25, 0.3) is 6.08 Å². The van der Waals surface area contributed by atoms with Crippen molar-refractivity contribution in [3.63, 3.8) is 0 Å². The second-order valence-corrected chi connectivity index (χ2v) is 9.65. The number of hydrogen-bond donors (Lipinski definition) is 2. The molecule has 6 nitrogen and oxygen atoms in total. The van der Waals surface area contributed by atoms with E-state index < -0.39 is 10.0 Å². The summed E-state index contributed by atoms with van der Waals surface area (Å²) < 4.78 is 32.8. The molecule has 1 saturated carbocycles. The van der Waals surface area contributed by atoms with Gasteiger partial charge >= 0.3 is 0 Å². The maximum Gasteiger partial charge on any atom is 0.244 e. The van der Waals surface area contributed by atoms with Gasteiger partial charge in [0, 0.05) is 18.7 Å². The summed E-state index contributed by atoms with van der Waals surface area (Å²) in [7, 11) is -3.47. The number of rotatable bonds is 10. The summed E-state index contributed by atoms with van der Waals surface area (Å²) in [4.78, 5) is 12.4. The van der Waals surface area contributed by atoms with E-state index in [4.69, 9.17) is 4.74 Å². The molecule has 0 aliphatic heterocycles. The first-order chi connectivity index (χ1) is 16.0. The van der Waals surface area contributed by atoms with Crippen molar-refractivity contribution in [2.75, 3.05) is 0 Å². The fourth-order valence-electron chi connectivity index (χ4n) is 3.10. The van der Waals surface area contributed by atoms with Gasteiger partial charge in [-0.1, -0.05) is 54.6 Å². The fourth-order valence-corrected chi connectivity index (χ4v) is 4.41. The minimum absolute atomic E-state index is 0.0668. The van der Waals surface area contributed by atoms with E-state index in [0.717, 1.165) is 35.3 Å². The number of hydrogen-bond acceptors (Lipinski definition) is 4. The Morgan fingerprint density at radius 3 is 2.24 bits per heavy atom. The van der Waals surface area contributed by atoms with Crippen LogP contribution in [0.4, 0.5) is 0 Å². The molecule has 170 valence electrons. The lowest BCUT2D eigenvalue weighted by atomic mass is 10.1. The van der Waals surface area contributed by atoms with Crippen molar-refractivity contribution in [2.24, 2.45) is 0 Å². The third-order valence-corrected chi connectivity index (χ3v) is 6.69. The second kappa shape index (κ2) is 10.5. The van der Waals surface area contributed by atoms with Gasteiger partial charge in [0.25, 0.3) is 0 Å². The Bertz CT molecular complexity index is 1200. The maximum atomic E-state index is 12.2. The third kappa shape index (κ3) is 7.03. The first kappa shape index (κ1) is 22.8. The van der Waals surface area contributed by atoms with E-state index in [1.54, 1.807) is 30.3 Å². The molecule has 0 saturated heterocycles. The zero-order valence-corrected chi connectivity index (χ0v) is 18.9.